The van der Waals surface area contributed by atoms with Crippen LogP contribution in [0.3, 0.4) is 0 Å². The van der Waals surface area contributed by atoms with Crippen LogP contribution in [0.1, 0.15) is 16.7 Å². The Balaban J connectivity index is 2.16. The van der Waals surface area contributed by atoms with Gasteiger partial charge in [0, 0.05) is 16.2 Å². The molecule has 3 heteroatoms. The molecule has 0 aliphatic heterocycles. The topological polar surface area (TPSA) is 33.0 Å². The van der Waals surface area contributed by atoms with Crippen LogP contribution < -0.4 is 4.74 Å². The molecule has 2 nitrogen and oxygen atoms in total. The molecule has 0 aliphatic rings. The number of benzene rings is 2. The van der Waals surface area contributed by atoms with Crippen LogP contribution >= 0.6 is 11.8 Å². The molecular formula is C16H15NOS. The van der Waals surface area contributed by atoms with E-state index in [0.29, 0.717) is 5.56 Å². The Morgan fingerprint density at radius 1 is 1.21 bits per heavy atom. The Labute approximate surface area is 118 Å². The van der Waals surface area contributed by atoms with Gasteiger partial charge in [-0.1, -0.05) is 17.7 Å². The standard InChI is InChI=1S/C16H15NOS/c1-12-4-3-5-15(8-12)19-11-14-9-13(10-17)6-7-16(14)18-2/h3-9H,11H2,1-2H3. The summed E-state index contributed by atoms with van der Waals surface area (Å²) in [5.41, 5.74) is 2.97. The third kappa shape index (κ3) is 3.52. The summed E-state index contributed by atoms with van der Waals surface area (Å²) < 4.78 is 5.33. The minimum atomic E-state index is 0.667. The fraction of sp³-hybridized carbons (Fsp3) is 0.188. The summed E-state index contributed by atoms with van der Waals surface area (Å²) in [6.07, 6.45) is 0. The average molecular weight is 269 g/mol. The Morgan fingerprint density at radius 2 is 2.05 bits per heavy atom. The summed E-state index contributed by atoms with van der Waals surface area (Å²) >= 11 is 1.75. The first-order valence-corrected chi connectivity index (χ1v) is 6.98. The van der Waals surface area contributed by atoms with Crippen LogP contribution in [0.15, 0.2) is 47.4 Å². The number of aryl methyl sites for hydroxylation is 1. The van der Waals surface area contributed by atoms with Gasteiger partial charge in [0.25, 0.3) is 0 Å². The summed E-state index contributed by atoms with van der Waals surface area (Å²) in [7, 11) is 1.65. The van der Waals surface area contributed by atoms with E-state index < -0.39 is 0 Å². The third-order valence-electron chi connectivity index (χ3n) is 2.79. The predicted octanol–water partition coefficient (Wildman–Crippen LogP) is 4.17. The van der Waals surface area contributed by atoms with E-state index in [1.54, 1.807) is 24.9 Å². The van der Waals surface area contributed by atoms with Crippen LogP contribution in [-0.4, -0.2) is 7.11 Å². The largest absolute Gasteiger partial charge is 0.496 e. The van der Waals surface area contributed by atoms with E-state index in [1.807, 2.05) is 12.1 Å². The number of ether oxygens (including phenoxy) is 1. The number of thioether (sulfide) groups is 1. The van der Waals surface area contributed by atoms with Gasteiger partial charge in [-0.05, 0) is 37.3 Å². The number of nitriles is 1. The molecule has 0 heterocycles. The lowest BCUT2D eigenvalue weighted by Crippen LogP contribution is -1.91. The van der Waals surface area contributed by atoms with Crippen molar-refractivity contribution in [2.24, 2.45) is 0 Å². The van der Waals surface area contributed by atoms with Crippen molar-refractivity contribution in [1.82, 2.24) is 0 Å². The zero-order valence-electron chi connectivity index (χ0n) is 11.0. The molecule has 0 fully saturated rings. The zero-order valence-corrected chi connectivity index (χ0v) is 11.8. The van der Waals surface area contributed by atoms with Gasteiger partial charge < -0.3 is 4.74 Å². The third-order valence-corrected chi connectivity index (χ3v) is 3.84. The fourth-order valence-corrected chi connectivity index (χ4v) is 2.82. The van der Waals surface area contributed by atoms with E-state index in [0.717, 1.165) is 17.1 Å². The summed E-state index contributed by atoms with van der Waals surface area (Å²) in [5, 5.41) is 8.95. The van der Waals surface area contributed by atoms with Crippen LogP contribution in [0.25, 0.3) is 0 Å². The Kier molecular flexibility index (Phi) is 4.48. The molecule has 19 heavy (non-hydrogen) atoms. The molecule has 2 aromatic carbocycles. The minimum Gasteiger partial charge on any atom is -0.496 e. The highest BCUT2D eigenvalue weighted by Gasteiger charge is 2.05. The van der Waals surface area contributed by atoms with Crippen molar-refractivity contribution in [3.63, 3.8) is 0 Å². The maximum atomic E-state index is 8.95. The van der Waals surface area contributed by atoms with E-state index in [-0.39, 0.29) is 0 Å². The van der Waals surface area contributed by atoms with Gasteiger partial charge in [-0.25, -0.2) is 0 Å². The maximum Gasteiger partial charge on any atom is 0.122 e. The molecule has 0 radical (unpaired) electrons. The second-order valence-corrected chi connectivity index (χ2v) is 5.29. The number of nitrogens with zero attached hydrogens (tertiary/aromatic N) is 1. The number of hydrogen-bond acceptors (Lipinski definition) is 3. The molecule has 2 aromatic rings. The van der Waals surface area contributed by atoms with Crippen LogP contribution in [-0.2, 0) is 5.75 Å². The lowest BCUT2D eigenvalue weighted by Gasteiger charge is -2.09. The van der Waals surface area contributed by atoms with Crippen molar-refractivity contribution in [2.45, 2.75) is 17.6 Å². The highest BCUT2D eigenvalue weighted by atomic mass is 32.2. The molecule has 0 aliphatic carbocycles. The predicted molar refractivity (Wildman–Crippen MR) is 78.4 cm³/mol. The second-order valence-electron chi connectivity index (χ2n) is 4.24. The second kappa shape index (κ2) is 6.31. The Hall–Kier alpha value is -1.92. The lowest BCUT2D eigenvalue weighted by molar-refractivity contribution is 0.411. The van der Waals surface area contributed by atoms with E-state index in [9.17, 15) is 0 Å². The van der Waals surface area contributed by atoms with Gasteiger partial charge in [-0.3, -0.25) is 0 Å². The van der Waals surface area contributed by atoms with Gasteiger partial charge in [0.15, 0.2) is 0 Å². The molecule has 2 rings (SSSR count). The van der Waals surface area contributed by atoms with Gasteiger partial charge >= 0.3 is 0 Å². The summed E-state index contributed by atoms with van der Waals surface area (Å²) in [6, 6.07) is 16.1. The highest BCUT2D eigenvalue weighted by molar-refractivity contribution is 7.98. The molecule has 0 saturated carbocycles. The van der Waals surface area contributed by atoms with Crippen molar-refractivity contribution >= 4 is 11.8 Å². The van der Waals surface area contributed by atoms with E-state index in [4.69, 9.17) is 10.00 Å². The SMILES string of the molecule is COc1ccc(C#N)cc1CSc1cccc(C)c1. The number of methoxy groups -OCH3 is 1. The summed E-state index contributed by atoms with van der Waals surface area (Å²) in [4.78, 5) is 1.23. The first-order chi connectivity index (χ1) is 9.22. The van der Waals surface area contributed by atoms with Crippen molar-refractivity contribution < 1.29 is 4.74 Å². The maximum absolute atomic E-state index is 8.95. The normalized spacial score (nSPS) is 9.95. The van der Waals surface area contributed by atoms with Gasteiger partial charge in [0.05, 0.1) is 18.7 Å². The first kappa shape index (κ1) is 13.5. The van der Waals surface area contributed by atoms with Gasteiger partial charge in [-0.15, -0.1) is 11.8 Å². The van der Waals surface area contributed by atoms with Crippen molar-refractivity contribution in [2.75, 3.05) is 7.11 Å². The summed E-state index contributed by atoms with van der Waals surface area (Å²) in [6.45, 7) is 2.08. The molecule has 0 amide bonds. The van der Waals surface area contributed by atoms with Crippen molar-refractivity contribution in [1.29, 1.82) is 5.26 Å². The summed E-state index contributed by atoms with van der Waals surface area (Å²) in [5.74, 6) is 1.63. The quantitative estimate of drug-likeness (QED) is 0.781. The average Bonchev–Trinajstić information content (AvgIpc) is 2.45. The Morgan fingerprint density at radius 3 is 2.74 bits per heavy atom. The molecule has 0 aromatic heterocycles. The first-order valence-electron chi connectivity index (χ1n) is 5.99. The van der Waals surface area contributed by atoms with Crippen molar-refractivity contribution in [3.8, 4) is 11.8 Å². The van der Waals surface area contributed by atoms with E-state index >= 15 is 0 Å². The Bertz CT molecular complexity index is 616. The zero-order chi connectivity index (χ0) is 13.7. The van der Waals surface area contributed by atoms with Crippen molar-refractivity contribution in [3.05, 3.63) is 59.2 Å². The molecule has 0 bridgehead atoms. The van der Waals surface area contributed by atoms with Crippen LogP contribution in [0.2, 0.25) is 0 Å². The molecule has 0 atom stereocenters. The van der Waals surface area contributed by atoms with Gasteiger partial charge in [-0.2, -0.15) is 5.26 Å². The smallest absolute Gasteiger partial charge is 0.122 e. The number of hydrogen-bond donors (Lipinski definition) is 0. The van der Waals surface area contributed by atoms with Crippen LogP contribution in [0.4, 0.5) is 0 Å². The molecular weight excluding hydrogens is 254 g/mol. The number of rotatable bonds is 4. The van der Waals surface area contributed by atoms with Crippen LogP contribution in [0, 0.1) is 18.3 Å². The minimum absolute atomic E-state index is 0.667. The van der Waals surface area contributed by atoms with Gasteiger partial charge in [0.2, 0.25) is 0 Å². The molecule has 0 spiro atoms. The van der Waals surface area contributed by atoms with Crippen LogP contribution in [0.5, 0.6) is 5.75 Å². The lowest BCUT2D eigenvalue weighted by atomic mass is 10.1. The molecule has 0 unspecified atom stereocenters. The molecule has 0 N–H and O–H groups in total. The monoisotopic (exact) mass is 269 g/mol. The fourth-order valence-electron chi connectivity index (χ4n) is 1.83. The highest BCUT2D eigenvalue weighted by Crippen LogP contribution is 2.29. The van der Waals surface area contributed by atoms with Gasteiger partial charge in [0.1, 0.15) is 5.75 Å². The molecule has 0 saturated heterocycles. The van der Waals surface area contributed by atoms with E-state index in [1.165, 1.54) is 10.5 Å². The molecule has 96 valence electrons. The van der Waals surface area contributed by atoms with E-state index in [2.05, 4.69) is 37.3 Å².